The number of carbonyl (C=O) groups excluding carboxylic acids is 2. The summed E-state index contributed by atoms with van der Waals surface area (Å²) in [5.41, 5.74) is 1.31. The minimum atomic E-state index is -4.76. The first-order valence-electron chi connectivity index (χ1n) is 11.2. The van der Waals surface area contributed by atoms with Crippen LogP contribution in [0.5, 0.6) is 0 Å². The average molecular weight is 522 g/mol. The molecule has 2 aromatic rings. The van der Waals surface area contributed by atoms with Crippen molar-refractivity contribution >= 4 is 31.4 Å². The van der Waals surface area contributed by atoms with Gasteiger partial charge in [-0.3, -0.25) is 14.4 Å². The van der Waals surface area contributed by atoms with E-state index in [1.54, 1.807) is 51.1 Å². The van der Waals surface area contributed by atoms with Crippen LogP contribution in [0.15, 0.2) is 48.5 Å². The number of carbonyl (C=O) groups is 3. The van der Waals surface area contributed by atoms with Gasteiger partial charge in [0.15, 0.2) is 6.10 Å². The Kier molecular flexibility index (Phi) is 10.5. The highest BCUT2D eigenvalue weighted by Crippen LogP contribution is 2.53. The van der Waals surface area contributed by atoms with Gasteiger partial charge in [0.25, 0.3) is 0 Å². The Balaban J connectivity index is 2.22. The second kappa shape index (κ2) is 13.1. The molecule has 0 bridgehead atoms. The second-order valence-corrected chi connectivity index (χ2v) is 10.0. The van der Waals surface area contributed by atoms with Crippen molar-refractivity contribution in [1.82, 2.24) is 5.32 Å². The van der Waals surface area contributed by atoms with E-state index in [0.717, 1.165) is 5.56 Å². The van der Waals surface area contributed by atoms with Gasteiger partial charge in [-0.05, 0) is 42.5 Å². The van der Waals surface area contributed by atoms with Crippen molar-refractivity contribution in [1.29, 1.82) is 0 Å². The summed E-state index contributed by atoms with van der Waals surface area (Å²) in [5.74, 6) is -3.60. The number of nitrogens with one attached hydrogen (secondary N) is 2. The van der Waals surface area contributed by atoms with Gasteiger partial charge in [-0.2, -0.15) is 0 Å². The largest absolute Gasteiger partial charge is 0.479 e. The van der Waals surface area contributed by atoms with Gasteiger partial charge in [0.1, 0.15) is 12.4 Å². The summed E-state index contributed by atoms with van der Waals surface area (Å²) in [5, 5.41) is 14.6. The van der Waals surface area contributed by atoms with Crippen molar-refractivity contribution in [3.05, 3.63) is 65.2 Å². The first kappa shape index (κ1) is 28.8. The van der Waals surface area contributed by atoms with Gasteiger partial charge in [0, 0.05) is 5.69 Å². The first-order chi connectivity index (χ1) is 17.0. The molecule has 196 valence electrons. The van der Waals surface area contributed by atoms with Crippen LogP contribution in [0.1, 0.15) is 43.6 Å². The molecule has 4 N–H and O–H groups in total. The van der Waals surface area contributed by atoms with Gasteiger partial charge in [-0.25, -0.2) is 14.4 Å². The van der Waals surface area contributed by atoms with E-state index in [4.69, 9.17) is 14.0 Å². The molecule has 0 aliphatic heterocycles. The zero-order valence-corrected chi connectivity index (χ0v) is 21.4. The molecule has 0 saturated heterocycles. The number of carboxylic acid groups (broad SMARTS) is 1. The molecule has 0 aliphatic carbocycles. The number of hydrogen-bond acceptors (Lipinski definition) is 7. The number of benzene rings is 2. The van der Waals surface area contributed by atoms with Gasteiger partial charge in [-0.15, -0.1) is 0 Å². The fourth-order valence-electron chi connectivity index (χ4n) is 3.31. The predicted molar refractivity (Wildman–Crippen MR) is 131 cm³/mol. The van der Waals surface area contributed by atoms with E-state index in [9.17, 15) is 28.9 Å². The maximum absolute atomic E-state index is 13.2. The Labute approximate surface area is 209 Å². The van der Waals surface area contributed by atoms with Crippen molar-refractivity contribution < 1.29 is 42.9 Å². The lowest BCUT2D eigenvalue weighted by molar-refractivity contribution is -0.145. The summed E-state index contributed by atoms with van der Waals surface area (Å²) in [6, 6.07) is 13.2. The molecule has 0 aliphatic rings. The Morgan fingerprint density at radius 3 is 2.25 bits per heavy atom. The maximum Gasteiger partial charge on any atom is 0.411 e. The van der Waals surface area contributed by atoms with E-state index in [2.05, 4.69) is 10.6 Å². The topological polar surface area (TPSA) is 160 Å². The molecule has 0 saturated carbocycles. The van der Waals surface area contributed by atoms with Crippen LogP contribution in [0.3, 0.4) is 0 Å². The monoisotopic (exact) mass is 522 g/mol. The van der Waals surface area contributed by atoms with E-state index in [-0.39, 0.29) is 24.5 Å². The van der Waals surface area contributed by atoms with E-state index in [1.807, 2.05) is 0 Å². The minimum absolute atomic E-state index is 0.0419. The molecule has 12 heteroatoms. The van der Waals surface area contributed by atoms with Crippen molar-refractivity contribution in [2.45, 2.75) is 46.2 Å². The van der Waals surface area contributed by atoms with Crippen LogP contribution < -0.4 is 10.6 Å². The van der Waals surface area contributed by atoms with Gasteiger partial charge < -0.3 is 24.8 Å². The molecular weight excluding hydrogens is 491 g/mol. The molecule has 2 aromatic carbocycles. The Morgan fingerprint density at radius 1 is 1.00 bits per heavy atom. The SMILES string of the molecule is CCOC(=O)Nc1cccc(C(OP(=O)(O)C(NC(=O)OCc2ccccc2)C(C)C)C(=O)O)c1C. The van der Waals surface area contributed by atoms with Crippen LogP contribution in [-0.4, -0.2) is 40.5 Å². The Morgan fingerprint density at radius 2 is 1.67 bits per heavy atom. The fraction of sp³-hybridized carbons (Fsp3) is 0.375. The van der Waals surface area contributed by atoms with Crippen molar-refractivity contribution in [3.63, 3.8) is 0 Å². The average Bonchev–Trinajstić information content (AvgIpc) is 2.81. The molecular formula is C24H31N2O9P. The molecule has 3 unspecified atom stereocenters. The normalized spacial score (nSPS) is 14.3. The molecule has 3 atom stereocenters. The minimum Gasteiger partial charge on any atom is -0.479 e. The molecule has 11 nitrogen and oxygen atoms in total. The third-order valence-corrected chi connectivity index (χ3v) is 7.05. The summed E-state index contributed by atoms with van der Waals surface area (Å²) >= 11 is 0. The molecule has 0 spiro atoms. The van der Waals surface area contributed by atoms with Gasteiger partial charge >= 0.3 is 25.8 Å². The molecule has 2 amide bonds. The van der Waals surface area contributed by atoms with Crippen molar-refractivity contribution in [3.8, 4) is 0 Å². The number of ether oxygens (including phenoxy) is 2. The number of rotatable bonds is 11. The first-order valence-corrected chi connectivity index (χ1v) is 12.8. The highest BCUT2D eigenvalue weighted by molar-refractivity contribution is 7.53. The highest BCUT2D eigenvalue weighted by atomic mass is 31.2. The standard InChI is InChI=1S/C24H31N2O9P/c1-5-33-23(29)25-19-13-9-12-18(16(19)4)20(22(27)28)35-36(31,32)21(15(2)3)26-24(30)34-14-17-10-7-6-8-11-17/h6-13,15,20-21H,5,14H2,1-4H3,(H,25,29)(H,26,30)(H,27,28)(H,31,32). The van der Waals surface area contributed by atoms with Crippen LogP contribution in [0, 0.1) is 12.8 Å². The lowest BCUT2D eigenvalue weighted by atomic mass is 10.0. The number of aliphatic carboxylic acids is 1. The van der Waals surface area contributed by atoms with E-state index in [0.29, 0.717) is 5.56 Å². The zero-order chi connectivity index (χ0) is 26.9. The highest BCUT2D eigenvalue weighted by Gasteiger charge is 2.41. The second-order valence-electron chi connectivity index (χ2n) is 8.15. The van der Waals surface area contributed by atoms with E-state index < -0.39 is 43.6 Å². The molecule has 0 fully saturated rings. The number of carboxylic acids is 1. The van der Waals surface area contributed by atoms with Gasteiger partial charge in [0.2, 0.25) is 0 Å². The molecule has 0 radical (unpaired) electrons. The van der Waals surface area contributed by atoms with Crippen molar-refractivity contribution in [2.75, 3.05) is 11.9 Å². The lowest BCUT2D eigenvalue weighted by Crippen LogP contribution is -2.39. The van der Waals surface area contributed by atoms with Crippen LogP contribution in [0.2, 0.25) is 0 Å². The predicted octanol–water partition coefficient (Wildman–Crippen LogP) is 4.80. The van der Waals surface area contributed by atoms with Crippen LogP contribution in [0.4, 0.5) is 15.3 Å². The van der Waals surface area contributed by atoms with Gasteiger partial charge in [-0.1, -0.05) is 56.3 Å². The maximum atomic E-state index is 13.2. The van der Waals surface area contributed by atoms with Crippen LogP contribution in [-0.2, 0) is 30.0 Å². The fourth-order valence-corrected chi connectivity index (χ4v) is 4.97. The summed E-state index contributed by atoms with van der Waals surface area (Å²) in [6.45, 7) is 6.37. The number of hydrogen-bond donors (Lipinski definition) is 4. The number of amides is 2. The number of alkyl carbamates (subject to hydrolysis) is 1. The molecule has 0 aromatic heterocycles. The third-order valence-electron chi connectivity index (χ3n) is 5.11. The summed E-state index contributed by atoms with van der Waals surface area (Å²) in [7, 11) is -4.76. The quantitative estimate of drug-likeness (QED) is 0.304. The zero-order valence-electron chi connectivity index (χ0n) is 20.5. The Bertz CT molecular complexity index is 1110. The summed E-state index contributed by atoms with van der Waals surface area (Å²) in [4.78, 5) is 46.9. The van der Waals surface area contributed by atoms with Gasteiger partial charge in [0.05, 0.1) is 6.61 Å². The molecule has 0 heterocycles. The smallest absolute Gasteiger partial charge is 0.411 e. The summed E-state index contributed by atoms with van der Waals surface area (Å²) in [6.07, 6.45) is -3.57. The Hall–Kier alpha value is -3.40. The molecule has 2 rings (SSSR count). The van der Waals surface area contributed by atoms with Crippen LogP contribution >= 0.6 is 7.60 Å². The number of anilines is 1. The summed E-state index contributed by atoms with van der Waals surface area (Å²) < 4.78 is 28.4. The molecule has 36 heavy (non-hydrogen) atoms. The lowest BCUT2D eigenvalue weighted by Gasteiger charge is -2.29. The van der Waals surface area contributed by atoms with Crippen molar-refractivity contribution in [2.24, 2.45) is 5.92 Å². The van der Waals surface area contributed by atoms with Crippen LogP contribution in [0.25, 0.3) is 0 Å². The van der Waals surface area contributed by atoms with E-state index in [1.165, 1.54) is 25.1 Å². The van der Waals surface area contributed by atoms with E-state index >= 15 is 0 Å². The third kappa shape index (κ3) is 8.08.